The van der Waals surface area contributed by atoms with Crippen LogP contribution in [-0.2, 0) is 6.42 Å². The van der Waals surface area contributed by atoms with E-state index in [4.69, 9.17) is 5.84 Å². The van der Waals surface area contributed by atoms with Crippen molar-refractivity contribution in [3.8, 4) is 0 Å². The fraction of sp³-hybridized carbons (Fsp3) is 0.200. The van der Waals surface area contributed by atoms with Crippen LogP contribution in [0, 0.1) is 16.3 Å². The first kappa shape index (κ1) is 14.4. The number of hydrogen-bond acceptors (Lipinski definition) is 2. The van der Waals surface area contributed by atoms with Crippen molar-refractivity contribution in [1.82, 2.24) is 5.43 Å². The average molecular weight is 370 g/mol. The summed E-state index contributed by atoms with van der Waals surface area (Å²) in [6.45, 7) is 2.07. The summed E-state index contributed by atoms with van der Waals surface area (Å²) in [6, 6.07) is 13.1. The molecule has 0 aliphatic heterocycles. The molecule has 2 nitrogen and oxygen atoms in total. The quantitative estimate of drug-likeness (QED) is 0.491. The molecule has 2 aromatic carbocycles. The Kier molecular flexibility index (Phi) is 4.90. The lowest BCUT2D eigenvalue weighted by atomic mass is 9.98. The lowest BCUT2D eigenvalue weighted by Gasteiger charge is -2.18. The molecule has 2 aromatic rings. The van der Waals surface area contributed by atoms with Gasteiger partial charge in [-0.3, -0.25) is 11.3 Å². The van der Waals surface area contributed by atoms with Crippen molar-refractivity contribution < 1.29 is 4.39 Å². The number of hydrazine groups is 1. The van der Waals surface area contributed by atoms with Crippen molar-refractivity contribution >= 4 is 22.6 Å². The zero-order valence-corrected chi connectivity index (χ0v) is 12.8. The van der Waals surface area contributed by atoms with Crippen LogP contribution in [0.3, 0.4) is 0 Å². The van der Waals surface area contributed by atoms with E-state index in [0.717, 1.165) is 15.6 Å². The van der Waals surface area contributed by atoms with Gasteiger partial charge >= 0.3 is 0 Å². The van der Waals surface area contributed by atoms with E-state index < -0.39 is 0 Å². The number of aryl methyl sites for hydroxylation is 1. The molecule has 0 bridgehead atoms. The van der Waals surface area contributed by atoms with Crippen LogP contribution in [0.1, 0.15) is 22.7 Å². The van der Waals surface area contributed by atoms with Crippen LogP contribution in [0.2, 0.25) is 0 Å². The van der Waals surface area contributed by atoms with Gasteiger partial charge in [0.15, 0.2) is 0 Å². The zero-order valence-electron chi connectivity index (χ0n) is 10.7. The summed E-state index contributed by atoms with van der Waals surface area (Å²) in [5, 5.41) is 0. The maximum Gasteiger partial charge on any atom is 0.124 e. The van der Waals surface area contributed by atoms with Crippen molar-refractivity contribution in [2.75, 3.05) is 0 Å². The summed E-state index contributed by atoms with van der Waals surface area (Å²) in [6.07, 6.45) is 0.778. The predicted octanol–water partition coefficient (Wildman–Crippen LogP) is 3.49. The smallest absolute Gasteiger partial charge is 0.124 e. The summed E-state index contributed by atoms with van der Waals surface area (Å²) >= 11 is 2.14. The Labute approximate surface area is 126 Å². The minimum absolute atomic E-state index is 0.0192. The second-order valence-electron chi connectivity index (χ2n) is 4.58. The Morgan fingerprint density at radius 1 is 1.26 bits per heavy atom. The van der Waals surface area contributed by atoms with Gasteiger partial charge in [-0.25, -0.2) is 4.39 Å². The molecule has 1 unspecified atom stereocenters. The van der Waals surface area contributed by atoms with E-state index in [2.05, 4.69) is 53.1 Å². The summed E-state index contributed by atoms with van der Waals surface area (Å²) in [5.41, 5.74) is 6.27. The highest BCUT2D eigenvalue weighted by molar-refractivity contribution is 14.1. The number of hydrogen-bond donors (Lipinski definition) is 2. The molecule has 100 valence electrons. The van der Waals surface area contributed by atoms with Gasteiger partial charge in [0.25, 0.3) is 0 Å². The minimum Gasteiger partial charge on any atom is -0.271 e. The van der Waals surface area contributed by atoms with Crippen LogP contribution in [0.25, 0.3) is 0 Å². The fourth-order valence-corrected chi connectivity index (χ4v) is 2.97. The largest absolute Gasteiger partial charge is 0.271 e. The van der Waals surface area contributed by atoms with Crippen LogP contribution in [-0.4, -0.2) is 0 Å². The number of nitrogens with one attached hydrogen (secondary N) is 1. The summed E-state index contributed by atoms with van der Waals surface area (Å²) in [4.78, 5) is 0. The molecule has 0 saturated heterocycles. The van der Waals surface area contributed by atoms with E-state index in [1.165, 1.54) is 23.3 Å². The van der Waals surface area contributed by atoms with E-state index in [9.17, 15) is 4.39 Å². The number of rotatable bonds is 4. The molecule has 0 aliphatic rings. The van der Waals surface area contributed by atoms with E-state index in [1.807, 2.05) is 6.07 Å². The van der Waals surface area contributed by atoms with E-state index >= 15 is 0 Å². The standard InChI is InChI=1S/C15H16FIN2/c1-10-3-2-4-11(7-10)8-15(19-18)13-6-5-12(16)9-14(13)17/h2-7,9,15,19H,8,18H2,1H3. The monoisotopic (exact) mass is 370 g/mol. The predicted molar refractivity (Wildman–Crippen MR) is 84.1 cm³/mol. The average Bonchev–Trinajstić information content (AvgIpc) is 2.37. The third-order valence-electron chi connectivity index (χ3n) is 3.06. The van der Waals surface area contributed by atoms with Gasteiger partial charge < -0.3 is 0 Å². The second-order valence-corrected chi connectivity index (χ2v) is 5.74. The van der Waals surface area contributed by atoms with Crippen LogP contribution in [0.15, 0.2) is 42.5 Å². The molecule has 0 fully saturated rings. The molecule has 0 amide bonds. The Morgan fingerprint density at radius 3 is 2.68 bits per heavy atom. The first-order valence-corrected chi connectivity index (χ1v) is 7.14. The van der Waals surface area contributed by atoms with Gasteiger partial charge in [-0.1, -0.05) is 35.9 Å². The zero-order chi connectivity index (χ0) is 13.8. The van der Waals surface area contributed by atoms with Crippen molar-refractivity contribution in [2.24, 2.45) is 5.84 Å². The maximum absolute atomic E-state index is 13.1. The van der Waals surface area contributed by atoms with Crippen LogP contribution < -0.4 is 11.3 Å². The summed E-state index contributed by atoms with van der Waals surface area (Å²) < 4.78 is 14.0. The van der Waals surface area contributed by atoms with Gasteiger partial charge in [-0.2, -0.15) is 0 Å². The molecule has 19 heavy (non-hydrogen) atoms. The van der Waals surface area contributed by atoms with Gasteiger partial charge in [-0.15, -0.1) is 0 Å². The van der Waals surface area contributed by atoms with E-state index in [1.54, 1.807) is 6.07 Å². The molecular formula is C15H16FIN2. The second kappa shape index (κ2) is 6.45. The topological polar surface area (TPSA) is 38.0 Å². The third-order valence-corrected chi connectivity index (χ3v) is 4.00. The molecule has 0 saturated carbocycles. The fourth-order valence-electron chi connectivity index (χ4n) is 2.12. The van der Waals surface area contributed by atoms with Crippen LogP contribution >= 0.6 is 22.6 Å². The molecule has 0 spiro atoms. The SMILES string of the molecule is Cc1cccc(CC(NN)c2ccc(F)cc2I)c1. The highest BCUT2D eigenvalue weighted by Crippen LogP contribution is 2.24. The van der Waals surface area contributed by atoms with Crippen LogP contribution in [0.4, 0.5) is 4.39 Å². The Balaban J connectivity index is 2.25. The molecule has 1 atom stereocenters. The van der Waals surface area contributed by atoms with Gasteiger partial charge in [0, 0.05) is 3.57 Å². The van der Waals surface area contributed by atoms with E-state index in [-0.39, 0.29) is 11.9 Å². The Bertz CT molecular complexity index is 572. The molecule has 3 N–H and O–H groups in total. The highest BCUT2D eigenvalue weighted by Gasteiger charge is 2.14. The summed E-state index contributed by atoms with van der Waals surface area (Å²) in [5.74, 6) is 5.43. The summed E-state index contributed by atoms with van der Waals surface area (Å²) in [7, 11) is 0. The van der Waals surface area contributed by atoms with Crippen molar-refractivity contribution in [1.29, 1.82) is 0 Å². The number of halogens is 2. The highest BCUT2D eigenvalue weighted by atomic mass is 127. The minimum atomic E-state index is -0.223. The molecule has 0 radical (unpaired) electrons. The molecular weight excluding hydrogens is 354 g/mol. The first-order chi connectivity index (χ1) is 9.10. The lowest BCUT2D eigenvalue weighted by Crippen LogP contribution is -2.30. The molecule has 2 rings (SSSR count). The molecule has 0 heterocycles. The maximum atomic E-state index is 13.1. The van der Waals surface area contributed by atoms with Crippen molar-refractivity contribution in [3.05, 3.63) is 68.5 Å². The Hall–Kier alpha value is -0.980. The lowest BCUT2D eigenvalue weighted by molar-refractivity contribution is 0.546. The normalized spacial score (nSPS) is 12.4. The number of benzene rings is 2. The third kappa shape index (κ3) is 3.75. The van der Waals surface area contributed by atoms with Gasteiger partial charge in [0.05, 0.1) is 6.04 Å². The van der Waals surface area contributed by atoms with Crippen molar-refractivity contribution in [3.63, 3.8) is 0 Å². The van der Waals surface area contributed by atoms with Gasteiger partial charge in [-0.05, 0) is 59.2 Å². The first-order valence-electron chi connectivity index (χ1n) is 6.07. The Morgan fingerprint density at radius 2 is 2.05 bits per heavy atom. The van der Waals surface area contributed by atoms with E-state index in [0.29, 0.717) is 0 Å². The van der Waals surface area contributed by atoms with Crippen molar-refractivity contribution in [2.45, 2.75) is 19.4 Å². The van der Waals surface area contributed by atoms with Crippen LogP contribution in [0.5, 0.6) is 0 Å². The molecule has 4 heteroatoms. The molecule has 0 aliphatic carbocycles. The van der Waals surface area contributed by atoms with Gasteiger partial charge in [0.1, 0.15) is 5.82 Å². The molecule has 0 aromatic heterocycles. The van der Waals surface area contributed by atoms with Gasteiger partial charge in [0.2, 0.25) is 0 Å². The number of nitrogens with two attached hydrogens (primary N) is 1.